The molecule has 0 radical (unpaired) electrons. The van der Waals surface area contributed by atoms with Crippen molar-refractivity contribution in [2.75, 3.05) is 6.54 Å². The molecule has 10 heteroatoms. The lowest BCUT2D eigenvalue weighted by atomic mass is 10.1. The van der Waals surface area contributed by atoms with Gasteiger partial charge in [-0.05, 0) is 30.2 Å². The van der Waals surface area contributed by atoms with Gasteiger partial charge in [0.15, 0.2) is 0 Å². The lowest BCUT2D eigenvalue weighted by molar-refractivity contribution is -0.138. The van der Waals surface area contributed by atoms with Gasteiger partial charge in [-0.2, -0.15) is 18.2 Å². The topological polar surface area (TPSA) is 75.5 Å². The number of amides is 1. The number of halogens is 4. The predicted octanol–water partition coefficient (Wildman–Crippen LogP) is 3.98. The van der Waals surface area contributed by atoms with Crippen molar-refractivity contribution in [3.63, 3.8) is 0 Å². The van der Waals surface area contributed by atoms with Gasteiger partial charge >= 0.3 is 12.3 Å². The first-order chi connectivity index (χ1) is 11.8. The fraction of sp³-hybridized carbons (Fsp3) is 0.267. The van der Waals surface area contributed by atoms with Crippen molar-refractivity contribution in [2.24, 2.45) is 0 Å². The second-order valence-electron chi connectivity index (χ2n) is 5.27. The van der Waals surface area contributed by atoms with E-state index in [4.69, 9.17) is 21.4 Å². The molecule has 3 rings (SSSR count). The summed E-state index contributed by atoms with van der Waals surface area (Å²) in [7, 11) is 0. The Morgan fingerprint density at radius 2 is 2.00 bits per heavy atom. The minimum Gasteiger partial charge on any atom is -0.465 e. The van der Waals surface area contributed by atoms with Crippen molar-refractivity contribution >= 4 is 17.7 Å². The third-order valence-electron chi connectivity index (χ3n) is 3.67. The minimum absolute atomic E-state index is 0.0375. The van der Waals surface area contributed by atoms with E-state index < -0.39 is 23.6 Å². The van der Waals surface area contributed by atoms with Crippen LogP contribution in [0.15, 0.2) is 24.3 Å². The van der Waals surface area contributed by atoms with Crippen LogP contribution < -0.4 is 4.74 Å². The molecule has 1 aromatic carbocycles. The van der Waals surface area contributed by atoms with Crippen LogP contribution in [0.1, 0.15) is 16.8 Å². The molecule has 0 saturated carbocycles. The van der Waals surface area contributed by atoms with E-state index in [0.29, 0.717) is 11.3 Å². The first kappa shape index (κ1) is 17.3. The first-order valence-electron chi connectivity index (χ1n) is 7.13. The van der Waals surface area contributed by atoms with E-state index in [1.54, 1.807) is 0 Å². The molecule has 0 fully saturated rings. The molecule has 0 atom stereocenters. The van der Waals surface area contributed by atoms with Crippen molar-refractivity contribution in [1.82, 2.24) is 14.9 Å². The molecule has 1 amide bonds. The fourth-order valence-electron chi connectivity index (χ4n) is 2.51. The Kier molecular flexibility index (Phi) is 4.42. The highest BCUT2D eigenvalue weighted by atomic mass is 35.5. The van der Waals surface area contributed by atoms with Crippen LogP contribution in [0.5, 0.6) is 11.6 Å². The molecule has 2 aromatic rings. The van der Waals surface area contributed by atoms with E-state index in [-0.39, 0.29) is 30.7 Å². The van der Waals surface area contributed by atoms with E-state index >= 15 is 0 Å². The van der Waals surface area contributed by atoms with E-state index in [0.717, 1.165) is 11.0 Å². The summed E-state index contributed by atoms with van der Waals surface area (Å²) in [6.07, 6.45) is -5.50. The van der Waals surface area contributed by atoms with Crippen molar-refractivity contribution in [3.05, 3.63) is 46.4 Å². The summed E-state index contributed by atoms with van der Waals surface area (Å²) in [6, 6.07) is 4.74. The number of rotatable bonds is 2. The number of carboxylic acid groups (broad SMARTS) is 1. The first-order valence-corrected chi connectivity index (χ1v) is 7.50. The Hall–Kier alpha value is -2.55. The van der Waals surface area contributed by atoms with Crippen molar-refractivity contribution in [2.45, 2.75) is 19.1 Å². The van der Waals surface area contributed by atoms with Crippen LogP contribution in [0.25, 0.3) is 0 Å². The number of alkyl halides is 3. The van der Waals surface area contributed by atoms with Gasteiger partial charge in [0.2, 0.25) is 11.2 Å². The van der Waals surface area contributed by atoms with Crippen LogP contribution in [0.3, 0.4) is 0 Å². The van der Waals surface area contributed by atoms with E-state index in [1.807, 2.05) is 0 Å². The van der Waals surface area contributed by atoms with E-state index in [2.05, 4.69) is 9.97 Å². The number of nitrogens with zero attached hydrogens (tertiary/aromatic N) is 3. The standard InChI is InChI=1S/C15H11ClF3N3O3/c16-13-20-10-7-22(14(23)24)6-5-8(10)12(21-13)25-11-4-2-1-3-9(11)15(17,18)19/h1-4H,5-7H2,(H,23,24). The molecule has 1 aromatic heterocycles. The lowest BCUT2D eigenvalue weighted by Gasteiger charge is -2.26. The summed E-state index contributed by atoms with van der Waals surface area (Å²) < 4.78 is 44.7. The number of benzene rings is 1. The van der Waals surface area contributed by atoms with Crippen molar-refractivity contribution in [3.8, 4) is 11.6 Å². The third kappa shape index (κ3) is 3.60. The molecule has 0 spiro atoms. The summed E-state index contributed by atoms with van der Waals surface area (Å²) in [5, 5.41) is 8.83. The fourth-order valence-corrected chi connectivity index (χ4v) is 2.69. The quantitative estimate of drug-likeness (QED) is 0.806. The molecule has 0 aliphatic carbocycles. The number of aromatic nitrogens is 2. The smallest absolute Gasteiger partial charge is 0.419 e. The van der Waals surface area contributed by atoms with Gasteiger partial charge < -0.3 is 14.7 Å². The van der Waals surface area contributed by atoms with Crippen molar-refractivity contribution in [1.29, 1.82) is 0 Å². The molecule has 0 saturated heterocycles. The molecule has 25 heavy (non-hydrogen) atoms. The van der Waals surface area contributed by atoms with Gasteiger partial charge in [0, 0.05) is 12.1 Å². The Morgan fingerprint density at radius 1 is 1.28 bits per heavy atom. The third-order valence-corrected chi connectivity index (χ3v) is 3.84. The van der Waals surface area contributed by atoms with Gasteiger partial charge in [-0.25, -0.2) is 9.78 Å². The zero-order valence-electron chi connectivity index (χ0n) is 12.5. The van der Waals surface area contributed by atoms with Gasteiger partial charge in [0.25, 0.3) is 0 Å². The monoisotopic (exact) mass is 373 g/mol. The van der Waals surface area contributed by atoms with Gasteiger partial charge in [0.1, 0.15) is 5.75 Å². The molecule has 0 bridgehead atoms. The summed E-state index contributed by atoms with van der Waals surface area (Å²) in [5.41, 5.74) is -0.187. The maximum atomic E-state index is 13.1. The molecule has 1 aliphatic rings. The SMILES string of the molecule is O=C(O)N1CCc2c(nc(Cl)nc2Oc2ccccc2C(F)(F)F)C1. The zero-order chi connectivity index (χ0) is 18.2. The highest BCUT2D eigenvalue weighted by molar-refractivity contribution is 6.28. The molecule has 6 nitrogen and oxygen atoms in total. The Balaban J connectivity index is 1.99. The van der Waals surface area contributed by atoms with E-state index in [1.165, 1.54) is 18.2 Å². The molecule has 1 aliphatic heterocycles. The van der Waals surface area contributed by atoms with Crippen LogP contribution in [-0.2, 0) is 19.1 Å². The molecular weight excluding hydrogens is 363 g/mol. The second-order valence-corrected chi connectivity index (χ2v) is 5.61. The summed E-state index contributed by atoms with van der Waals surface area (Å²) in [5.74, 6) is -0.510. The molecule has 132 valence electrons. The summed E-state index contributed by atoms with van der Waals surface area (Å²) in [4.78, 5) is 20.0. The van der Waals surface area contributed by atoms with Crippen LogP contribution >= 0.6 is 11.6 Å². The Bertz CT molecular complexity index is 829. The van der Waals surface area contributed by atoms with Gasteiger partial charge in [0.05, 0.1) is 17.8 Å². The van der Waals surface area contributed by atoms with Gasteiger partial charge in [-0.1, -0.05) is 12.1 Å². The highest BCUT2D eigenvalue weighted by Gasteiger charge is 2.35. The zero-order valence-corrected chi connectivity index (χ0v) is 13.3. The average molecular weight is 374 g/mol. The minimum atomic E-state index is -4.59. The number of carbonyl (C=O) groups is 1. The Labute approximate surface area is 144 Å². The number of ether oxygens (including phenoxy) is 1. The average Bonchev–Trinajstić information content (AvgIpc) is 2.53. The van der Waals surface area contributed by atoms with Crippen LogP contribution in [-0.4, -0.2) is 32.6 Å². The Morgan fingerprint density at radius 3 is 2.68 bits per heavy atom. The molecular formula is C15H11ClF3N3O3. The number of hydrogen-bond donors (Lipinski definition) is 1. The molecule has 2 heterocycles. The van der Waals surface area contributed by atoms with Crippen molar-refractivity contribution < 1.29 is 27.8 Å². The van der Waals surface area contributed by atoms with Crippen LogP contribution in [0, 0.1) is 0 Å². The summed E-state index contributed by atoms with van der Waals surface area (Å²) >= 11 is 5.81. The lowest BCUT2D eigenvalue weighted by Crippen LogP contribution is -2.35. The predicted molar refractivity (Wildman–Crippen MR) is 80.7 cm³/mol. The molecule has 1 N–H and O–H groups in total. The van der Waals surface area contributed by atoms with Gasteiger partial charge in [-0.15, -0.1) is 0 Å². The number of para-hydroxylation sites is 1. The normalized spacial score (nSPS) is 14.2. The van der Waals surface area contributed by atoms with Gasteiger partial charge in [-0.3, -0.25) is 0 Å². The van der Waals surface area contributed by atoms with E-state index in [9.17, 15) is 18.0 Å². The second kappa shape index (κ2) is 6.40. The largest absolute Gasteiger partial charge is 0.465 e. The maximum absolute atomic E-state index is 13.1. The maximum Gasteiger partial charge on any atom is 0.419 e. The highest BCUT2D eigenvalue weighted by Crippen LogP contribution is 2.39. The number of fused-ring (bicyclic) bond motifs is 1. The number of hydrogen-bond acceptors (Lipinski definition) is 4. The van der Waals surface area contributed by atoms with Crippen LogP contribution in [0.4, 0.5) is 18.0 Å². The summed E-state index contributed by atoms with van der Waals surface area (Å²) in [6.45, 7) is 0.120. The molecule has 0 unspecified atom stereocenters. The van der Waals surface area contributed by atoms with Crippen LogP contribution in [0.2, 0.25) is 5.28 Å².